The molecule has 0 bridgehead atoms. The summed E-state index contributed by atoms with van der Waals surface area (Å²) < 4.78 is 0. The number of aromatic nitrogens is 2. The number of nitrogens with zero attached hydrogens (tertiary/aromatic N) is 2. The van der Waals surface area contributed by atoms with Gasteiger partial charge in [-0.25, -0.2) is 0 Å². The molecule has 0 aliphatic carbocycles. The van der Waals surface area contributed by atoms with E-state index in [1.807, 2.05) is 24.8 Å². The Morgan fingerprint density at radius 3 is 1.50 bits per heavy atom. The minimum Gasteiger partial charge on any atom is -0.264 e. The third-order valence-electron chi connectivity index (χ3n) is 4.31. The summed E-state index contributed by atoms with van der Waals surface area (Å²) in [6.07, 6.45) is 7.60. The van der Waals surface area contributed by atoms with Crippen molar-refractivity contribution in [2.45, 2.75) is 13.8 Å². The topological polar surface area (TPSA) is 25.8 Å². The summed E-state index contributed by atoms with van der Waals surface area (Å²) >= 11 is 0. The lowest BCUT2D eigenvalue weighted by molar-refractivity contribution is 1.35. The molecule has 2 aromatic carbocycles. The van der Waals surface area contributed by atoms with Crippen molar-refractivity contribution in [1.29, 1.82) is 0 Å². The molecule has 2 nitrogen and oxygen atoms in total. The molecule has 0 saturated heterocycles. The van der Waals surface area contributed by atoms with Crippen molar-refractivity contribution in [3.05, 3.63) is 72.3 Å². The summed E-state index contributed by atoms with van der Waals surface area (Å²) in [6, 6.07) is 12.9. The second kappa shape index (κ2) is 4.92. The minimum atomic E-state index is 1.17. The molecular formula is C20H16N2. The molecule has 2 aromatic heterocycles. The molecule has 4 aromatic rings. The number of aryl methyl sites for hydroxylation is 2. The van der Waals surface area contributed by atoms with E-state index in [0.717, 1.165) is 0 Å². The lowest BCUT2D eigenvalue weighted by Gasteiger charge is -2.15. The molecule has 0 radical (unpaired) electrons. The Hall–Kier alpha value is -2.74. The first-order valence-electron chi connectivity index (χ1n) is 7.43. The fourth-order valence-electron chi connectivity index (χ4n) is 3.22. The first-order valence-corrected chi connectivity index (χ1v) is 7.43. The van der Waals surface area contributed by atoms with E-state index in [4.69, 9.17) is 0 Å². The van der Waals surface area contributed by atoms with Crippen LogP contribution in [0.2, 0.25) is 0 Å². The van der Waals surface area contributed by atoms with Crippen LogP contribution in [0.25, 0.3) is 32.7 Å². The van der Waals surface area contributed by atoms with Gasteiger partial charge in [-0.2, -0.15) is 0 Å². The normalized spacial score (nSPS) is 11.2. The Bertz CT molecular complexity index is 920. The molecule has 106 valence electrons. The Balaban J connectivity index is 2.21. The second-order valence-electron chi connectivity index (χ2n) is 5.71. The van der Waals surface area contributed by atoms with Crippen LogP contribution >= 0.6 is 0 Å². The summed E-state index contributed by atoms with van der Waals surface area (Å²) in [5.41, 5.74) is 5.17. The molecule has 22 heavy (non-hydrogen) atoms. The van der Waals surface area contributed by atoms with Gasteiger partial charge >= 0.3 is 0 Å². The summed E-state index contributed by atoms with van der Waals surface area (Å²) in [5, 5.41) is 4.85. The van der Waals surface area contributed by atoms with E-state index in [1.165, 1.54) is 43.8 Å². The van der Waals surface area contributed by atoms with Crippen LogP contribution in [0.5, 0.6) is 0 Å². The maximum atomic E-state index is 4.25. The SMILES string of the molecule is Cc1ccc2cnccc2c1-c1c(C)ccc2cnccc12. The predicted octanol–water partition coefficient (Wildman–Crippen LogP) is 5.07. The van der Waals surface area contributed by atoms with Crippen molar-refractivity contribution < 1.29 is 0 Å². The molecule has 0 fully saturated rings. The van der Waals surface area contributed by atoms with Crippen LogP contribution in [0.1, 0.15) is 11.1 Å². The average molecular weight is 284 g/mol. The Morgan fingerprint density at radius 1 is 0.591 bits per heavy atom. The van der Waals surface area contributed by atoms with Crippen LogP contribution in [0, 0.1) is 13.8 Å². The number of rotatable bonds is 1. The zero-order valence-corrected chi connectivity index (χ0v) is 12.7. The molecule has 2 heteroatoms. The zero-order chi connectivity index (χ0) is 15.1. The van der Waals surface area contributed by atoms with E-state index >= 15 is 0 Å². The van der Waals surface area contributed by atoms with Crippen molar-refractivity contribution in [3.63, 3.8) is 0 Å². The summed E-state index contributed by atoms with van der Waals surface area (Å²) in [7, 11) is 0. The third-order valence-corrected chi connectivity index (χ3v) is 4.31. The summed E-state index contributed by atoms with van der Waals surface area (Å²) in [6.45, 7) is 4.35. The maximum absolute atomic E-state index is 4.25. The number of hydrogen-bond donors (Lipinski definition) is 0. The highest BCUT2D eigenvalue weighted by Crippen LogP contribution is 2.37. The Kier molecular flexibility index (Phi) is 2.90. The van der Waals surface area contributed by atoms with Gasteiger partial charge in [-0.05, 0) is 59.0 Å². The van der Waals surface area contributed by atoms with Gasteiger partial charge in [-0.3, -0.25) is 9.97 Å². The third kappa shape index (κ3) is 1.88. The highest BCUT2D eigenvalue weighted by molar-refractivity contribution is 6.07. The largest absolute Gasteiger partial charge is 0.264 e. The molecular weight excluding hydrogens is 268 g/mol. The van der Waals surface area contributed by atoms with Crippen molar-refractivity contribution in [3.8, 4) is 11.1 Å². The average Bonchev–Trinajstić information content (AvgIpc) is 2.56. The van der Waals surface area contributed by atoms with E-state index in [2.05, 4.69) is 60.2 Å². The van der Waals surface area contributed by atoms with E-state index in [1.54, 1.807) is 0 Å². The summed E-state index contributed by atoms with van der Waals surface area (Å²) in [5.74, 6) is 0. The van der Waals surface area contributed by atoms with Crippen molar-refractivity contribution >= 4 is 21.5 Å². The predicted molar refractivity (Wildman–Crippen MR) is 92.0 cm³/mol. The highest BCUT2D eigenvalue weighted by atomic mass is 14.6. The molecule has 0 N–H and O–H groups in total. The summed E-state index contributed by atoms with van der Waals surface area (Å²) in [4.78, 5) is 8.50. The molecule has 0 atom stereocenters. The van der Waals surface area contributed by atoms with E-state index < -0.39 is 0 Å². The van der Waals surface area contributed by atoms with Gasteiger partial charge < -0.3 is 0 Å². The fraction of sp³-hybridized carbons (Fsp3) is 0.100. The quantitative estimate of drug-likeness (QED) is 0.488. The van der Waals surface area contributed by atoms with E-state index in [0.29, 0.717) is 0 Å². The van der Waals surface area contributed by atoms with Crippen LogP contribution < -0.4 is 0 Å². The molecule has 0 aliphatic heterocycles. The number of pyridine rings is 2. The van der Waals surface area contributed by atoms with Crippen molar-refractivity contribution in [2.75, 3.05) is 0 Å². The number of fused-ring (bicyclic) bond motifs is 2. The maximum Gasteiger partial charge on any atom is 0.0346 e. The molecule has 4 rings (SSSR count). The first kappa shape index (κ1) is 13.0. The fourth-order valence-corrected chi connectivity index (χ4v) is 3.22. The van der Waals surface area contributed by atoms with Crippen LogP contribution in [-0.2, 0) is 0 Å². The number of hydrogen-bond acceptors (Lipinski definition) is 2. The van der Waals surface area contributed by atoms with Crippen molar-refractivity contribution in [2.24, 2.45) is 0 Å². The van der Waals surface area contributed by atoms with Gasteiger partial charge in [0.05, 0.1) is 0 Å². The van der Waals surface area contributed by atoms with Gasteiger partial charge in [-0.1, -0.05) is 24.3 Å². The van der Waals surface area contributed by atoms with E-state index in [-0.39, 0.29) is 0 Å². The number of benzene rings is 2. The van der Waals surface area contributed by atoms with Gasteiger partial charge in [-0.15, -0.1) is 0 Å². The van der Waals surface area contributed by atoms with Gasteiger partial charge in [0.25, 0.3) is 0 Å². The van der Waals surface area contributed by atoms with Crippen LogP contribution in [0.3, 0.4) is 0 Å². The Morgan fingerprint density at radius 2 is 1.05 bits per heavy atom. The first-order chi connectivity index (χ1) is 10.8. The van der Waals surface area contributed by atoms with Crippen LogP contribution in [0.15, 0.2) is 61.2 Å². The van der Waals surface area contributed by atoms with Gasteiger partial charge in [0.15, 0.2) is 0 Å². The smallest absolute Gasteiger partial charge is 0.0346 e. The van der Waals surface area contributed by atoms with Crippen LogP contribution in [0.4, 0.5) is 0 Å². The Labute approximate surface area is 129 Å². The van der Waals surface area contributed by atoms with E-state index in [9.17, 15) is 0 Å². The van der Waals surface area contributed by atoms with Gasteiger partial charge in [0.1, 0.15) is 0 Å². The molecule has 0 aliphatic rings. The molecule has 2 heterocycles. The van der Waals surface area contributed by atoms with Gasteiger partial charge in [0.2, 0.25) is 0 Å². The molecule has 0 spiro atoms. The minimum absolute atomic E-state index is 1.17. The molecule has 0 unspecified atom stereocenters. The van der Waals surface area contributed by atoms with Crippen LogP contribution in [-0.4, -0.2) is 9.97 Å². The lowest BCUT2D eigenvalue weighted by atomic mass is 9.89. The monoisotopic (exact) mass is 284 g/mol. The second-order valence-corrected chi connectivity index (χ2v) is 5.71. The molecule has 0 amide bonds. The van der Waals surface area contributed by atoms with Crippen molar-refractivity contribution in [1.82, 2.24) is 9.97 Å². The standard InChI is InChI=1S/C20H16N2/c1-13-3-5-15-11-21-9-7-17(15)19(13)20-14(2)4-6-16-12-22-10-8-18(16)20/h3-12H,1-2H3. The lowest BCUT2D eigenvalue weighted by Crippen LogP contribution is -1.92. The zero-order valence-electron chi connectivity index (χ0n) is 12.7. The molecule has 0 saturated carbocycles. The highest BCUT2D eigenvalue weighted by Gasteiger charge is 2.13. The van der Waals surface area contributed by atoms with Gasteiger partial charge in [0, 0.05) is 35.6 Å².